The van der Waals surface area contributed by atoms with Gasteiger partial charge in [-0.3, -0.25) is 0 Å². The Hall–Kier alpha value is -1.35. The third-order valence-corrected chi connectivity index (χ3v) is 2.48. The molecule has 0 radical (unpaired) electrons. The third kappa shape index (κ3) is 1.87. The molecule has 0 fully saturated rings. The zero-order chi connectivity index (χ0) is 9.10. The molecular weight excluding hydrogens is 180 g/mol. The van der Waals surface area contributed by atoms with Gasteiger partial charge in [0.2, 0.25) is 0 Å². The van der Waals surface area contributed by atoms with E-state index in [1.807, 2.05) is 36.1 Å². The molecule has 3 heteroatoms. The molecule has 66 valence electrons. The van der Waals surface area contributed by atoms with Crippen molar-refractivity contribution in [2.75, 3.05) is 0 Å². The fourth-order valence-corrected chi connectivity index (χ4v) is 1.79. The SMILES string of the molecule is C/C(=N/n1cccc1)c1ccsc1. The molecule has 0 aliphatic heterocycles. The minimum atomic E-state index is 1.04. The topological polar surface area (TPSA) is 17.3 Å². The summed E-state index contributed by atoms with van der Waals surface area (Å²) in [6, 6.07) is 6.00. The van der Waals surface area contributed by atoms with Crippen molar-refractivity contribution in [2.24, 2.45) is 5.10 Å². The second-order valence-corrected chi connectivity index (χ2v) is 3.54. The first-order valence-corrected chi connectivity index (χ1v) is 5.01. The Morgan fingerprint density at radius 2 is 2.15 bits per heavy atom. The molecule has 0 N–H and O–H groups in total. The molecule has 2 heterocycles. The highest BCUT2D eigenvalue weighted by molar-refractivity contribution is 7.08. The van der Waals surface area contributed by atoms with Crippen LogP contribution >= 0.6 is 11.3 Å². The van der Waals surface area contributed by atoms with E-state index in [1.165, 1.54) is 5.56 Å². The highest BCUT2D eigenvalue weighted by atomic mass is 32.1. The summed E-state index contributed by atoms with van der Waals surface area (Å²) in [5, 5.41) is 8.56. The van der Waals surface area contributed by atoms with E-state index in [2.05, 4.69) is 21.9 Å². The van der Waals surface area contributed by atoms with Crippen molar-refractivity contribution in [3.63, 3.8) is 0 Å². The van der Waals surface area contributed by atoms with Gasteiger partial charge in [-0.05, 0) is 35.9 Å². The highest BCUT2D eigenvalue weighted by Crippen LogP contribution is 2.07. The van der Waals surface area contributed by atoms with Crippen molar-refractivity contribution in [1.82, 2.24) is 4.68 Å². The summed E-state index contributed by atoms with van der Waals surface area (Å²) in [5.74, 6) is 0. The number of aromatic nitrogens is 1. The normalized spacial score (nSPS) is 11.9. The van der Waals surface area contributed by atoms with Gasteiger partial charge in [0.05, 0.1) is 5.71 Å². The highest BCUT2D eigenvalue weighted by Gasteiger charge is 1.96. The van der Waals surface area contributed by atoms with Crippen LogP contribution in [-0.2, 0) is 0 Å². The lowest BCUT2D eigenvalue weighted by Crippen LogP contribution is -1.95. The predicted molar refractivity (Wildman–Crippen MR) is 56.4 cm³/mol. The fraction of sp³-hybridized carbons (Fsp3) is 0.100. The van der Waals surface area contributed by atoms with E-state index in [0.717, 1.165) is 5.71 Å². The standard InChI is InChI=1S/C10H10N2S/c1-9(10-4-7-13-8-10)11-12-5-2-3-6-12/h2-8H,1H3/b11-9-. The Balaban J connectivity index is 2.27. The van der Waals surface area contributed by atoms with Gasteiger partial charge in [-0.1, -0.05) is 0 Å². The first kappa shape index (κ1) is 8.26. The average Bonchev–Trinajstić information content (AvgIpc) is 2.74. The smallest absolute Gasteiger partial charge is 0.0663 e. The molecule has 0 spiro atoms. The molecule has 2 nitrogen and oxygen atoms in total. The lowest BCUT2D eigenvalue weighted by molar-refractivity contribution is 0.887. The maximum Gasteiger partial charge on any atom is 0.0663 e. The first-order chi connectivity index (χ1) is 6.36. The molecule has 0 unspecified atom stereocenters. The van der Waals surface area contributed by atoms with E-state index in [9.17, 15) is 0 Å². The van der Waals surface area contributed by atoms with Gasteiger partial charge in [0.15, 0.2) is 0 Å². The molecule has 0 aromatic carbocycles. The monoisotopic (exact) mass is 190 g/mol. The second-order valence-electron chi connectivity index (χ2n) is 2.76. The van der Waals surface area contributed by atoms with Gasteiger partial charge in [-0.15, -0.1) is 0 Å². The summed E-state index contributed by atoms with van der Waals surface area (Å²) in [6.07, 6.45) is 3.85. The number of hydrogen-bond donors (Lipinski definition) is 0. The fourth-order valence-electron chi connectivity index (χ4n) is 1.09. The Morgan fingerprint density at radius 3 is 2.77 bits per heavy atom. The van der Waals surface area contributed by atoms with Crippen LogP contribution in [-0.4, -0.2) is 10.4 Å². The maximum absolute atomic E-state index is 4.40. The number of nitrogens with zero attached hydrogens (tertiary/aromatic N) is 2. The van der Waals surface area contributed by atoms with Crippen LogP contribution in [0.15, 0.2) is 46.5 Å². The molecule has 0 bridgehead atoms. The zero-order valence-electron chi connectivity index (χ0n) is 7.34. The second kappa shape index (κ2) is 3.58. The van der Waals surface area contributed by atoms with Crippen molar-refractivity contribution in [2.45, 2.75) is 6.92 Å². The van der Waals surface area contributed by atoms with E-state index < -0.39 is 0 Å². The van der Waals surface area contributed by atoms with E-state index in [4.69, 9.17) is 0 Å². The van der Waals surface area contributed by atoms with Crippen LogP contribution < -0.4 is 0 Å². The molecule has 0 atom stereocenters. The van der Waals surface area contributed by atoms with Crippen LogP contribution in [0.5, 0.6) is 0 Å². The van der Waals surface area contributed by atoms with E-state index >= 15 is 0 Å². The zero-order valence-corrected chi connectivity index (χ0v) is 8.16. The Morgan fingerprint density at radius 1 is 1.38 bits per heavy atom. The van der Waals surface area contributed by atoms with Gasteiger partial charge in [-0.2, -0.15) is 16.4 Å². The molecule has 0 aliphatic rings. The molecule has 0 saturated heterocycles. The van der Waals surface area contributed by atoms with Crippen molar-refractivity contribution >= 4 is 17.0 Å². The van der Waals surface area contributed by atoms with Gasteiger partial charge >= 0.3 is 0 Å². The summed E-state index contributed by atoms with van der Waals surface area (Å²) < 4.78 is 1.81. The van der Waals surface area contributed by atoms with Crippen LogP contribution in [0.4, 0.5) is 0 Å². The number of rotatable bonds is 2. The summed E-state index contributed by atoms with van der Waals surface area (Å²) in [6.45, 7) is 2.02. The van der Waals surface area contributed by atoms with Crippen LogP contribution in [0.1, 0.15) is 12.5 Å². The van der Waals surface area contributed by atoms with Gasteiger partial charge in [-0.25, -0.2) is 4.68 Å². The molecule has 0 aliphatic carbocycles. The molecule has 0 amide bonds. The van der Waals surface area contributed by atoms with Crippen LogP contribution in [0.3, 0.4) is 0 Å². The van der Waals surface area contributed by atoms with Crippen molar-refractivity contribution in [3.8, 4) is 0 Å². The van der Waals surface area contributed by atoms with Gasteiger partial charge in [0.25, 0.3) is 0 Å². The predicted octanol–water partition coefficient (Wildman–Crippen LogP) is 2.82. The minimum absolute atomic E-state index is 1.04. The van der Waals surface area contributed by atoms with E-state index in [1.54, 1.807) is 11.3 Å². The van der Waals surface area contributed by atoms with E-state index in [-0.39, 0.29) is 0 Å². The Labute approximate surface area is 81.1 Å². The van der Waals surface area contributed by atoms with Crippen LogP contribution in [0.2, 0.25) is 0 Å². The Kier molecular flexibility index (Phi) is 2.27. The van der Waals surface area contributed by atoms with Crippen LogP contribution in [0, 0.1) is 0 Å². The summed E-state index contributed by atoms with van der Waals surface area (Å²) in [7, 11) is 0. The number of hydrogen-bond acceptors (Lipinski definition) is 2. The van der Waals surface area contributed by atoms with Gasteiger partial charge < -0.3 is 0 Å². The van der Waals surface area contributed by atoms with Crippen molar-refractivity contribution in [3.05, 3.63) is 46.9 Å². The maximum atomic E-state index is 4.40. The van der Waals surface area contributed by atoms with Crippen LogP contribution in [0.25, 0.3) is 0 Å². The molecule has 0 saturated carbocycles. The van der Waals surface area contributed by atoms with Crippen molar-refractivity contribution < 1.29 is 0 Å². The summed E-state index contributed by atoms with van der Waals surface area (Å²) in [5.41, 5.74) is 2.23. The Bertz CT molecular complexity index is 384. The summed E-state index contributed by atoms with van der Waals surface area (Å²) >= 11 is 1.69. The molecule has 13 heavy (non-hydrogen) atoms. The van der Waals surface area contributed by atoms with Gasteiger partial charge in [0, 0.05) is 18.0 Å². The molecule has 2 aromatic heterocycles. The third-order valence-electron chi connectivity index (χ3n) is 1.79. The largest absolute Gasteiger partial charge is 0.248 e. The first-order valence-electron chi connectivity index (χ1n) is 4.07. The lowest BCUT2D eigenvalue weighted by atomic mass is 10.2. The lowest BCUT2D eigenvalue weighted by Gasteiger charge is -1.96. The van der Waals surface area contributed by atoms with E-state index in [0.29, 0.717) is 0 Å². The minimum Gasteiger partial charge on any atom is -0.248 e. The average molecular weight is 190 g/mol. The van der Waals surface area contributed by atoms with Gasteiger partial charge in [0.1, 0.15) is 0 Å². The molecule has 2 aromatic rings. The number of thiophene rings is 1. The molecular formula is C10H10N2S. The van der Waals surface area contributed by atoms with Crippen molar-refractivity contribution in [1.29, 1.82) is 0 Å². The molecule has 2 rings (SSSR count). The quantitative estimate of drug-likeness (QED) is 0.648. The summed E-state index contributed by atoms with van der Waals surface area (Å²) in [4.78, 5) is 0.